The van der Waals surface area contributed by atoms with Gasteiger partial charge >= 0.3 is 0 Å². The van der Waals surface area contributed by atoms with Crippen LogP contribution in [-0.2, 0) is 12.0 Å². The van der Waals surface area contributed by atoms with E-state index in [9.17, 15) is 4.79 Å². The predicted molar refractivity (Wildman–Crippen MR) is 143 cm³/mol. The standard InChI is InChI=1S/C27H31N7O2S/c1-17-16-37-24(29-17)21-11-8-12-34(21)25(35)20-13-19(14-22(30-20)33(3)4)23-31-32-26(36-23)27(2,28)15-18-9-6-5-7-10-18/h5-7,9-10,13-14,16,21H,8,11-12,15,28H2,1-4H3. The normalized spacial score (nSPS) is 17.1. The number of rotatable bonds is 7. The van der Waals surface area contributed by atoms with Gasteiger partial charge in [0.2, 0.25) is 11.8 Å². The van der Waals surface area contributed by atoms with Crippen molar-refractivity contribution in [2.24, 2.45) is 5.73 Å². The van der Waals surface area contributed by atoms with Gasteiger partial charge in [0.05, 0.1) is 11.6 Å². The highest BCUT2D eigenvalue weighted by Gasteiger charge is 2.34. The van der Waals surface area contributed by atoms with Crippen LogP contribution < -0.4 is 10.6 Å². The van der Waals surface area contributed by atoms with Crippen molar-refractivity contribution in [2.45, 2.75) is 44.7 Å². The molecule has 0 spiro atoms. The van der Waals surface area contributed by atoms with Crippen LogP contribution in [-0.4, -0.2) is 51.6 Å². The lowest BCUT2D eigenvalue weighted by Gasteiger charge is -2.23. The van der Waals surface area contributed by atoms with Crippen molar-refractivity contribution in [3.05, 3.63) is 75.7 Å². The summed E-state index contributed by atoms with van der Waals surface area (Å²) >= 11 is 1.60. The van der Waals surface area contributed by atoms with Gasteiger partial charge in [-0.1, -0.05) is 30.3 Å². The van der Waals surface area contributed by atoms with Crippen molar-refractivity contribution < 1.29 is 9.21 Å². The number of anilines is 1. The van der Waals surface area contributed by atoms with Gasteiger partial charge in [0.25, 0.3) is 5.91 Å². The molecule has 0 aliphatic carbocycles. The van der Waals surface area contributed by atoms with Gasteiger partial charge < -0.3 is 20.0 Å². The summed E-state index contributed by atoms with van der Waals surface area (Å²) in [7, 11) is 3.76. The molecule has 1 aromatic carbocycles. The topological polar surface area (TPSA) is 114 Å². The molecule has 1 aliphatic rings. The van der Waals surface area contributed by atoms with E-state index < -0.39 is 5.54 Å². The van der Waals surface area contributed by atoms with Crippen molar-refractivity contribution >= 4 is 23.1 Å². The zero-order valence-corrected chi connectivity index (χ0v) is 22.3. The molecule has 2 N–H and O–H groups in total. The van der Waals surface area contributed by atoms with E-state index in [1.165, 1.54) is 0 Å². The fourth-order valence-corrected chi connectivity index (χ4v) is 5.53. The first-order valence-corrected chi connectivity index (χ1v) is 13.2. The van der Waals surface area contributed by atoms with Gasteiger partial charge in [0, 0.05) is 37.3 Å². The number of pyridine rings is 1. The Kier molecular flexibility index (Phi) is 6.78. The van der Waals surface area contributed by atoms with Gasteiger partial charge in [0.15, 0.2) is 0 Å². The quantitative estimate of drug-likeness (QED) is 0.385. The SMILES string of the molecule is Cc1csc(C2CCCN2C(=O)c2cc(-c3nnc(C(C)(N)Cc4ccccc4)o3)cc(N(C)C)n2)n1. The first-order valence-electron chi connectivity index (χ1n) is 12.3. The van der Waals surface area contributed by atoms with Crippen LogP contribution in [0.4, 0.5) is 5.82 Å². The van der Waals surface area contributed by atoms with Gasteiger partial charge in [-0.3, -0.25) is 4.79 Å². The van der Waals surface area contributed by atoms with E-state index in [0.717, 1.165) is 29.1 Å². The molecule has 1 aliphatic heterocycles. The van der Waals surface area contributed by atoms with Gasteiger partial charge in [-0.15, -0.1) is 21.5 Å². The highest BCUT2D eigenvalue weighted by Crippen LogP contribution is 2.35. The molecule has 1 fully saturated rings. The van der Waals surface area contributed by atoms with Crippen LogP contribution in [0, 0.1) is 6.92 Å². The van der Waals surface area contributed by atoms with Crippen LogP contribution in [0.5, 0.6) is 0 Å². The molecule has 1 amide bonds. The van der Waals surface area contributed by atoms with Crippen LogP contribution in [0.25, 0.3) is 11.5 Å². The van der Waals surface area contributed by atoms with Crippen molar-refractivity contribution in [3.63, 3.8) is 0 Å². The molecule has 10 heteroatoms. The van der Waals surface area contributed by atoms with Gasteiger partial charge in [0.1, 0.15) is 16.5 Å². The van der Waals surface area contributed by atoms with E-state index in [4.69, 9.17) is 10.2 Å². The highest BCUT2D eigenvalue weighted by molar-refractivity contribution is 7.09. The van der Waals surface area contributed by atoms with E-state index in [1.807, 2.05) is 79.5 Å². The van der Waals surface area contributed by atoms with Gasteiger partial charge in [-0.2, -0.15) is 0 Å². The number of hydrogen-bond donors (Lipinski definition) is 1. The van der Waals surface area contributed by atoms with Crippen molar-refractivity contribution in [1.29, 1.82) is 0 Å². The minimum atomic E-state index is -0.850. The summed E-state index contributed by atoms with van der Waals surface area (Å²) in [5.74, 6) is 1.13. The molecule has 5 rings (SSSR count). The van der Waals surface area contributed by atoms with Crippen LogP contribution in [0.15, 0.2) is 52.3 Å². The number of aromatic nitrogens is 4. The Bertz CT molecular complexity index is 1400. The van der Waals surface area contributed by atoms with Crippen molar-refractivity contribution in [2.75, 3.05) is 25.5 Å². The highest BCUT2D eigenvalue weighted by atomic mass is 32.1. The van der Waals surface area contributed by atoms with Crippen LogP contribution in [0.2, 0.25) is 0 Å². The molecule has 1 saturated heterocycles. The summed E-state index contributed by atoms with van der Waals surface area (Å²) in [6, 6.07) is 13.5. The van der Waals surface area contributed by atoms with Crippen LogP contribution in [0.3, 0.4) is 0 Å². The maximum absolute atomic E-state index is 13.7. The largest absolute Gasteiger partial charge is 0.419 e. The number of carbonyl (C=O) groups excluding carboxylic acids is 1. The third-order valence-electron chi connectivity index (χ3n) is 6.50. The molecule has 37 heavy (non-hydrogen) atoms. The molecule has 192 valence electrons. The third kappa shape index (κ3) is 5.26. The van der Waals surface area contributed by atoms with Crippen LogP contribution >= 0.6 is 11.3 Å². The van der Waals surface area contributed by atoms with E-state index in [0.29, 0.717) is 41.8 Å². The molecule has 4 aromatic rings. The Morgan fingerprint density at radius 1 is 1.22 bits per heavy atom. The second kappa shape index (κ2) is 10.0. The molecule has 4 heterocycles. The Labute approximate surface area is 220 Å². The number of thiazole rings is 1. The number of hydrogen-bond acceptors (Lipinski definition) is 9. The lowest BCUT2D eigenvalue weighted by molar-refractivity contribution is 0.0729. The van der Waals surface area contributed by atoms with Gasteiger partial charge in [-0.05, 0) is 50.8 Å². The molecular formula is C27H31N7O2S. The second-order valence-electron chi connectivity index (χ2n) is 9.97. The minimum absolute atomic E-state index is 0.0367. The molecule has 0 bridgehead atoms. The Hall–Kier alpha value is -3.63. The molecule has 0 radical (unpaired) electrons. The molecular weight excluding hydrogens is 486 g/mol. The number of nitrogens with two attached hydrogens (primary N) is 1. The zero-order chi connectivity index (χ0) is 26.2. The molecule has 9 nitrogen and oxygen atoms in total. The second-order valence-corrected chi connectivity index (χ2v) is 10.9. The summed E-state index contributed by atoms with van der Waals surface area (Å²) in [6.45, 7) is 4.51. The number of benzene rings is 1. The van der Waals surface area contributed by atoms with Crippen molar-refractivity contribution in [1.82, 2.24) is 25.1 Å². The first kappa shape index (κ1) is 25.0. The molecule has 2 atom stereocenters. The zero-order valence-electron chi connectivity index (χ0n) is 21.5. The fourth-order valence-electron chi connectivity index (χ4n) is 4.58. The van der Waals surface area contributed by atoms with E-state index in [1.54, 1.807) is 17.4 Å². The predicted octanol–water partition coefficient (Wildman–Crippen LogP) is 4.36. The van der Waals surface area contributed by atoms with Crippen molar-refractivity contribution in [3.8, 4) is 11.5 Å². The summed E-state index contributed by atoms with van der Waals surface area (Å²) < 4.78 is 6.07. The minimum Gasteiger partial charge on any atom is -0.419 e. The average Bonchev–Trinajstić information content (AvgIpc) is 3.64. The Morgan fingerprint density at radius 2 is 2.00 bits per heavy atom. The summed E-state index contributed by atoms with van der Waals surface area (Å²) in [5.41, 5.74) is 8.75. The van der Waals surface area contributed by atoms with Crippen LogP contribution in [0.1, 0.15) is 58.5 Å². The van der Waals surface area contributed by atoms with E-state index >= 15 is 0 Å². The lowest BCUT2D eigenvalue weighted by atomic mass is 9.94. The number of nitrogens with zero attached hydrogens (tertiary/aromatic N) is 6. The molecule has 2 unspecified atom stereocenters. The van der Waals surface area contributed by atoms with E-state index in [2.05, 4.69) is 20.2 Å². The monoisotopic (exact) mass is 517 g/mol. The average molecular weight is 518 g/mol. The van der Waals surface area contributed by atoms with Gasteiger partial charge in [-0.25, -0.2) is 9.97 Å². The summed E-state index contributed by atoms with van der Waals surface area (Å²) in [6.07, 6.45) is 2.37. The number of carbonyl (C=O) groups is 1. The molecule has 3 aromatic heterocycles. The Morgan fingerprint density at radius 3 is 2.70 bits per heavy atom. The number of likely N-dealkylation sites (tertiary alicyclic amines) is 1. The number of amides is 1. The lowest BCUT2D eigenvalue weighted by Crippen LogP contribution is -2.35. The third-order valence-corrected chi connectivity index (χ3v) is 7.56. The first-order chi connectivity index (χ1) is 17.7. The smallest absolute Gasteiger partial charge is 0.273 e. The number of aryl methyl sites for hydroxylation is 1. The fraction of sp³-hybridized carbons (Fsp3) is 0.370. The Balaban J connectivity index is 1.45. The maximum Gasteiger partial charge on any atom is 0.273 e. The summed E-state index contributed by atoms with van der Waals surface area (Å²) in [4.78, 5) is 26.7. The van der Waals surface area contributed by atoms with E-state index in [-0.39, 0.29) is 11.9 Å². The maximum atomic E-state index is 13.7. The molecule has 0 saturated carbocycles. The summed E-state index contributed by atoms with van der Waals surface area (Å²) in [5, 5.41) is 11.5.